The highest BCUT2D eigenvalue weighted by atomic mass is 16.2. The molecule has 3 amide bonds. The van der Waals surface area contributed by atoms with Gasteiger partial charge in [0.15, 0.2) is 0 Å². The summed E-state index contributed by atoms with van der Waals surface area (Å²) in [5.74, 6) is -0.549. The van der Waals surface area contributed by atoms with E-state index in [1.54, 1.807) is 0 Å². The van der Waals surface area contributed by atoms with Crippen LogP contribution in [0, 0.1) is 11.8 Å². The maximum Gasteiger partial charge on any atom is 0.233 e. The minimum atomic E-state index is -0.140. The lowest BCUT2D eigenvalue weighted by atomic mass is 9.81. The van der Waals surface area contributed by atoms with Crippen LogP contribution in [0.25, 0.3) is 0 Å². The molecule has 0 spiro atoms. The first-order valence-electron chi connectivity index (χ1n) is 9.46. The Kier molecular flexibility index (Phi) is 5.91. The normalized spacial score (nSPS) is 22.3. The number of benzene rings is 1. The predicted octanol–water partition coefficient (Wildman–Crippen LogP) is 1.80. The predicted molar refractivity (Wildman–Crippen MR) is 99.5 cm³/mol. The Morgan fingerprint density at radius 2 is 1.73 bits per heavy atom. The van der Waals surface area contributed by atoms with Crippen molar-refractivity contribution in [3.63, 3.8) is 0 Å². The van der Waals surface area contributed by atoms with E-state index in [4.69, 9.17) is 0 Å². The number of likely N-dealkylation sites (tertiary alicyclic amines) is 1. The van der Waals surface area contributed by atoms with E-state index in [0.717, 1.165) is 31.4 Å². The monoisotopic (exact) mass is 357 g/mol. The Morgan fingerprint density at radius 1 is 1.12 bits per heavy atom. The third-order valence-corrected chi connectivity index (χ3v) is 5.46. The van der Waals surface area contributed by atoms with Gasteiger partial charge in [0.2, 0.25) is 17.7 Å². The summed E-state index contributed by atoms with van der Waals surface area (Å²) in [5, 5.41) is 2.87. The molecule has 0 radical (unpaired) electrons. The Bertz CT molecular complexity index is 638. The van der Waals surface area contributed by atoms with Crippen LogP contribution >= 0.6 is 0 Å². The zero-order chi connectivity index (χ0) is 18.5. The van der Waals surface area contributed by atoms with Gasteiger partial charge >= 0.3 is 0 Å². The largest absolute Gasteiger partial charge is 0.373 e. The molecule has 1 aliphatic carbocycles. The van der Waals surface area contributed by atoms with Crippen molar-refractivity contribution in [1.82, 2.24) is 10.2 Å². The molecule has 0 aromatic heterocycles. The number of carbonyl (C=O) groups excluding carboxylic acids is 3. The molecule has 2 atom stereocenters. The van der Waals surface area contributed by atoms with Crippen LogP contribution in [0.1, 0.15) is 32.1 Å². The summed E-state index contributed by atoms with van der Waals surface area (Å²) in [7, 11) is 1.98. The second kappa shape index (κ2) is 8.34. The van der Waals surface area contributed by atoms with Crippen molar-refractivity contribution in [3.8, 4) is 0 Å². The lowest BCUT2D eigenvalue weighted by molar-refractivity contribution is -0.140. The van der Waals surface area contributed by atoms with Gasteiger partial charge in [-0.25, -0.2) is 0 Å². The molecule has 0 bridgehead atoms. The molecule has 6 nitrogen and oxygen atoms in total. The first kappa shape index (κ1) is 18.4. The van der Waals surface area contributed by atoms with Crippen molar-refractivity contribution in [2.75, 3.05) is 31.6 Å². The van der Waals surface area contributed by atoms with Gasteiger partial charge in [0.1, 0.15) is 0 Å². The SMILES string of the molecule is CN(CCNC(=O)CCN1C(=O)C2CCCCC2C1=O)c1ccccc1. The quantitative estimate of drug-likeness (QED) is 0.756. The number of likely N-dealkylation sites (N-methyl/N-ethyl adjacent to an activating group) is 1. The van der Waals surface area contributed by atoms with Gasteiger partial charge in [0, 0.05) is 38.8 Å². The summed E-state index contributed by atoms with van der Waals surface area (Å²) in [4.78, 5) is 40.2. The number of carbonyl (C=O) groups is 3. The van der Waals surface area contributed by atoms with Crippen molar-refractivity contribution >= 4 is 23.4 Å². The fraction of sp³-hybridized carbons (Fsp3) is 0.550. The molecule has 3 rings (SSSR count). The Morgan fingerprint density at radius 3 is 2.35 bits per heavy atom. The third kappa shape index (κ3) is 4.06. The van der Waals surface area contributed by atoms with E-state index < -0.39 is 0 Å². The van der Waals surface area contributed by atoms with Crippen molar-refractivity contribution < 1.29 is 14.4 Å². The van der Waals surface area contributed by atoms with Gasteiger partial charge in [-0.05, 0) is 25.0 Å². The van der Waals surface area contributed by atoms with Gasteiger partial charge in [-0.15, -0.1) is 0 Å². The summed E-state index contributed by atoms with van der Waals surface area (Å²) in [6, 6.07) is 9.96. The number of hydrogen-bond acceptors (Lipinski definition) is 4. The second-order valence-corrected chi connectivity index (χ2v) is 7.18. The number of hydrogen-bond donors (Lipinski definition) is 1. The summed E-state index contributed by atoms with van der Waals surface area (Å²) in [6.45, 7) is 1.42. The summed E-state index contributed by atoms with van der Waals surface area (Å²) < 4.78 is 0. The number of rotatable bonds is 7. The average molecular weight is 357 g/mol. The van der Waals surface area contributed by atoms with Gasteiger partial charge in [0.25, 0.3) is 0 Å². The molecule has 26 heavy (non-hydrogen) atoms. The molecule has 2 unspecified atom stereocenters. The molecule has 1 saturated carbocycles. The number of amides is 3. The first-order valence-corrected chi connectivity index (χ1v) is 9.46. The molecule has 1 N–H and O–H groups in total. The molecule has 2 aliphatic rings. The lowest BCUT2D eigenvalue weighted by Crippen LogP contribution is -2.37. The topological polar surface area (TPSA) is 69.7 Å². The number of nitrogens with one attached hydrogen (secondary N) is 1. The van der Waals surface area contributed by atoms with E-state index in [1.807, 2.05) is 37.4 Å². The van der Waals surface area contributed by atoms with Crippen LogP contribution in [0.4, 0.5) is 5.69 Å². The van der Waals surface area contributed by atoms with Crippen LogP contribution < -0.4 is 10.2 Å². The van der Waals surface area contributed by atoms with Crippen LogP contribution in [0.3, 0.4) is 0 Å². The minimum absolute atomic E-state index is 0.0729. The number of anilines is 1. The molecule has 1 aromatic rings. The zero-order valence-corrected chi connectivity index (χ0v) is 15.3. The Balaban J connectivity index is 1.40. The van der Waals surface area contributed by atoms with Gasteiger partial charge in [-0.1, -0.05) is 31.0 Å². The van der Waals surface area contributed by atoms with Crippen molar-refractivity contribution in [2.45, 2.75) is 32.1 Å². The van der Waals surface area contributed by atoms with E-state index in [-0.39, 0.29) is 42.5 Å². The van der Waals surface area contributed by atoms with E-state index in [2.05, 4.69) is 10.2 Å². The highest BCUT2D eigenvalue weighted by Crippen LogP contribution is 2.37. The van der Waals surface area contributed by atoms with Crippen LogP contribution in [-0.2, 0) is 14.4 Å². The molecule has 1 saturated heterocycles. The highest BCUT2D eigenvalue weighted by molar-refractivity contribution is 6.05. The third-order valence-electron chi connectivity index (χ3n) is 5.46. The Hall–Kier alpha value is -2.37. The van der Waals surface area contributed by atoms with Crippen LogP contribution in [0.5, 0.6) is 0 Å². The summed E-state index contributed by atoms with van der Waals surface area (Å²) in [5.41, 5.74) is 1.10. The lowest BCUT2D eigenvalue weighted by Gasteiger charge is -2.19. The van der Waals surface area contributed by atoms with Crippen LogP contribution in [0.15, 0.2) is 30.3 Å². The second-order valence-electron chi connectivity index (χ2n) is 7.18. The van der Waals surface area contributed by atoms with E-state index >= 15 is 0 Å². The molecular weight excluding hydrogens is 330 g/mol. The standard InChI is InChI=1S/C20H27N3O3/c1-22(15-7-3-2-4-8-15)14-12-21-18(24)11-13-23-19(25)16-9-5-6-10-17(16)20(23)26/h2-4,7-8,16-17H,5-6,9-14H2,1H3,(H,21,24). The molecule has 1 aromatic carbocycles. The number of imide groups is 1. The smallest absolute Gasteiger partial charge is 0.233 e. The minimum Gasteiger partial charge on any atom is -0.373 e. The van der Waals surface area contributed by atoms with Crippen molar-refractivity contribution in [3.05, 3.63) is 30.3 Å². The first-order chi connectivity index (χ1) is 12.6. The maximum absolute atomic E-state index is 12.4. The molecule has 2 fully saturated rings. The molecule has 6 heteroatoms. The Labute approximate surface area is 154 Å². The van der Waals surface area contributed by atoms with Crippen LogP contribution in [0.2, 0.25) is 0 Å². The van der Waals surface area contributed by atoms with E-state index in [0.29, 0.717) is 13.1 Å². The molecular formula is C20H27N3O3. The maximum atomic E-state index is 12.4. The number of nitrogens with zero attached hydrogens (tertiary/aromatic N) is 2. The van der Waals surface area contributed by atoms with Gasteiger partial charge < -0.3 is 10.2 Å². The molecule has 1 aliphatic heterocycles. The van der Waals surface area contributed by atoms with E-state index in [9.17, 15) is 14.4 Å². The van der Waals surface area contributed by atoms with Crippen molar-refractivity contribution in [1.29, 1.82) is 0 Å². The average Bonchev–Trinajstić information content (AvgIpc) is 2.91. The molecule has 1 heterocycles. The summed E-state index contributed by atoms with van der Waals surface area (Å²) >= 11 is 0. The number of para-hydroxylation sites is 1. The number of fused-ring (bicyclic) bond motifs is 1. The van der Waals surface area contributed by atoms with Crippen molar-refractivity contribution in [2.24, 2.45) is 11.8 Å². The molecule has 140 valence electrons. The zero-order valence-electron chi connectivity index (χ0n) is 15.3. The fourth-order valence-electron chi connectivity index (χ4n) is 3.93. The summed E-state index contributed by atoms with van der Waals surface area (Å²) in [6.07, 6.45) is 3.83. The fourth-order valence-corrected chi connectivity index (χ4v) is 3.93. The van der Waals surface area contributed by atoms with Gasteiger partial charge in [0.05, 0.1) is 11.8 Å². The van der Waals surface area contributed by atoms with Crippen LogP contribution in [-0.4, -0.2) is 49.3 Å². The van der Waals surface area contributed by atoms with Gasteiger partial charge in [-0.2, -0.15) is 0 Å². The highest BCUT2D eigenvalue weighted by Gasteiger charge is 2.47. The van der Waals surface area contributed by atoms with Gasteiger partial charge in [-0.3, -0.25) is 19.3 Å². The van der Waals surface area contributed by atoms with E-state index in [1.165, 1.54) is 4.90 Å².